The lowest BCUT2D eigenvalue weighted by atomic mass is 10.2. The van der Waals surface area contributed by atoms with Crippen molar-refractivity contribution in [3.8, 4) is 0 Å². The monoisotopic (exact) mass is 320 g/mol. The molecular weight excluding hydrogens is 300 g/mol. The van der Waals surface area contributed by atoms with Crippen molar-refractivity contribution in [2.24, 2.45) is 0 Å². The number of nitrogens with one attached hydrogen (secondary N) is 1. The Bertz CT molecular complexity index is 541. The first-order chi connectivity index (χ1) is 9.33. The minimum atomic E-state index is 0.789. The van der Waals surface area contributed by atoms with Gasteiger partial charge in [0.15, 0.2) is 0 Å². The van der Waals surface area contributed by atoms with Gasteiger partial charge in [-0.05, 0) is 50.1 Å². The molecular formula is C16H21BrN2. The lowest BCUT2D eigenvalue weighted by molar-refractivity contribution is 0.498. The summed E-state index contributed by atoms with van der Waals surface area (Å²) in [4.78, 5) is 0. The predicted molar refractivity (Wildman–Crippen MR) is 84.5 cm³/mol. The molecule has 2 nitrogen and oxygen atoms in total. The molecule has 0 bridgehead atoms. The van der Waals surface area contributed by atoms with E-state index in [0.717, 1.165) is 23.6 Å². The third kappa shape index (κ3) is 3.21. The van der Waals surface area contributed by atoms with Crippen LogP contribution in [0.1, 0.15) is 32.1 Å². The number of nitrogens with zero attached hydrogens (tertiary/aromatic N) is 1. The molecule has 0 radical (unpaired) electrons. The Morgan fingerprint density at radius 3 is 2.89 bits per heavy atom. The number of hydrogen-bond acceptors (Lipinski definition) is 1. The zero-order valence-corrected chi connectivity index (χ0v) is 12.8. The number of aromatic nitrogens is 1. The largest absolute Gasteiger partial charge is 0.347 e. The normalized spacial score (nSPS) is 16.5. The van der Waals surface area contributed by atoms with Crippen LogP contribution in [0.4, 0.5) is 0 Å². The molecule has 2 aromatic rings. The molecule has 0 unspecified atom stereocenters. The van der Waals surface area contributed by atoms with E-state index in [9.17, 15) is 0 Å². The van der Waals surface area contributed by atoms with E-state index in [1.165, 1.54) is 43.0 Å². The van der Waals surface area contributed by atoms with Gasteiger partial charge in [-0.1, -0.05) is 28.8 Å². The summed E-state index contributed by atoms with van der Waals surface area (Å²) < 4.78 is 3.51. The number of aryl methyl sites for hydroxylation is 1. The summed E-state index contributed by atoms with van der Waals surface area (Å²) >= 11 is 3.52. The number of benzene rings is 1. The van der Waals surface area contributed by atoms with E-state index in [2.05, 4.69) is 56.3 Å². The number of rotatable bonds is 5. The van der Waals surface area contributed by atoms with Crippen molar-refractivity contribution in [2.75, 3.05) is 6.54 Å². The lowest BCUT2D eigenvalue weighted by Crippen LogP contribution is -2.27. The van der Waals surface area contributed by atoms with E-state index in [-0.39, 0.29) is 0 Å². The Balaban J connectivity index is 1.53. The quantitative estimate of drug-likeness (QED) is 0.811. The molecule has 1 aliphatic rings. The molecule has 1 aromatic heterocycles. The highest BCUT2D eigenvalue weighted by Crippen LogP contribution is 2.21. The summed E-state index contributed by atoms with van der Waals surface area (Å²) in [5, 5.41) is 5.00. The molecule has 0 spiro atoms. The molecule has 1 N–H and O–H groups in total. The van der Waals surface area contributed by atoms with Crippen LogP contribution < -0.4 is 5.32 Å². The van der Waals surface area contributed by atoms with Gasteiger partial charge in [-0.25, -0.2) is 0 Å². The van der Waals surface area contributed by atoms with Gasteiger partial charge in [0.2, 0.25) is 0 Å². The van der Waals surface area contributed by atoms with Gasteiger partial charge in [-0.3, -0.25) is 0 Å². The molecule has 0 saturated heterocycles. The van der Waals surface area contributed by atoms with Crippen molar-refractivity contribution >= 4 is 26.8 Å². The Kier molecular flexibility index (Phi) is 4.24. The highest BCUT2D eigenvalue weighted by Gasteiger charge is 2.13. The van der Waals surface area contributed by atoms with E-state index in [1.54, 1.807) is 0 Å². The molecule has 1 fully saturated rings. The fraction of sp³-hybridized carbons (Fsp3) is 0.500. The Morgan fingerprint density at radius 1 is 1.21 bits per heavy atom. The van der Waals surface area contributed by atoms with Crippen molar-refractivity contribution in [1.29, 1.82) is 0 Å². The third-order valence-corrected chi connectivity index (χ3v) is 4.59. The second kappa shape index (κ2) is 6.10. The van der Waals surface area contributed by atoms with Gasteiger partial charge in [0.05, 0.1) is 0 Å². The first kappa shape index (κ1) is 13.2. The van der Waals surface area contributed by atoms with Crippen molar-refractivity contribution in [1.82, 2.24) is 9.88 Å². The van der Waals surface area contributed by atoms with Crippen LogP contribution in [0.5, 0.6) is 0 Å². The summed E-state index contributed by atoms with van der Waals surface area (Å²) in [5.41, 5.74) is 1.34. The van der Waals surface area contributed by atoms with E-state index >= 15 is 0 Å². The fourth-order valence-corrected chi connectivity index (χ4v) is 3.43. The van der Waals surface area contributed by atoms with E-state index < -0.39 is 0 Å². The van der Waals surface area contributed by atoms with Crippen molar-refractivity contribution < 1.29 is 0 Å². The van der Waals surface area contributed by atoms with Crippen LogP contribution in [-0.2, 0) is 6.54 Å². The Hall–Kier alpha value is -0.800. The number of hydrogen-bond donors (Lipinski definition) is 1. The number of halogens is 1. The second-order valence-corrected chi connectivity index (χ2v) is 6.42. The van der Waals surface area contributed by atoms with Crippen LogP contribution in [0.25, 0.3) is 10.9 Å². The van der Waals surface area contributed by atoms with E-state index in [1.807, 2.05) is 0 Å². The van der Waals surface area contributed by atoms with Gasteiger partial charge in [-0.15, -0.1) is 0 Å². The number of fused-ring (bicyclic) bond motifs is 1. The standard InChI is InChI=1S/C16H21BrN2/c17-14-6-7-16-13(12-14)8-11-19(16)10-3-9-18-15-4-1-2-5-15/h6-8,11-12,15,18H,1-5,9-10H2. The van der Waals surface area contributed by atoms with Crippen LogP contribution in [0.3, 0.4) is 0 Å². The van der Waals surface area contributed by atoms with Gasteiger partial charge in [0, 0.05) is 34.2 Å². The average Bonchev–Trinajstić information content (AvgIpc) is 3.03. The van der Waals surface area contributed by atoms with Gasteiger partial charge >= 0.3 is 0 Å². The minimum absolute atomic E-state index is 0.789. The zero-order valence-electron chi connectivity index (χ0n) is 11.2. The Morgan fingerprint density at radius 2 is 2.05 bits per heavy atom. The van der Waals surface area contributed by atoms with Gasteiger partial charge in [0.1, 0.15) is 0 Å². The topological polar surface area (TPSA) is 17.0 Å². The maximum absolute atomic E-state index is 3.68. The van der Waals surface area contributed by atoms with Gasteiger partial charge in [0.25, 0.3) is 0 Å². The molecule has 1 heterocycles. The highest BCUT2D eigenvalue weighted by molar-refractivity contribution is 9.10. The molecule has 3 rings (SSSR count). The first-order valence-electron chi connectivity index (χ1n) is 7.31. The third-order valence-electron chi connectivity index (χ3n) is 4.10. The summed E-state index contributed by atoms with van der Waals surface area (Å²) in [6, 6.07) is 9.49. The van der Waals surface area contributed by atoms with Crippen LogP contribution >= 0.6 is 15.9 Å². The van der Waals surface area contributed by atoms with Crippen LogP contribution in [-0.4, -0.2) is 17.2 Å². The summed E-state index contributed by atoms with van der Waals surface area (Å²) in [6.07, 6.45) is 8.98. The first-order valence-corrected chi connectivity index (χ1v) is 8.10. The Labute approximate surface area is 123 Å². The maximum atomic E-state index is 3.68. The van der Waals surface area contributed by atoms with Crippen LogP contribution in [0, 0.1) is 0 Å². The van der Waals surface area contributed by atoms with Crippen molar-refractivity contribution in [2.45, 2.75) is 44.7 Å². The molecule has 1 aliphatic carbocycles. The summed E-state index contributed by atoms with van der Waals surface area (Å²) in [6.45, 7) is 2.24. The van der Waals surface area contributed by atoms with E-state index in [0.29, 0.717) is 0 Å². The SMILES string of the molecule is Brc1ccc2c(ccn2CCCNC2CCCC2)c1. The molecule has 1 aromatic carbocycles. The smallest absolute Gasteiger partial charge is 0.0481 e. The molecule has 0 atom stereocenters. The molecule has 102 valence electrons. The van der Waals surface area contributed by atoms with Gasteiger partial charge < -0.3 is 9.88 Å². The van der Waals surface area contributed by atoms with Crippen LogP contribution in [0.15, 0.2) is 34.9 Å². The van der Waals surface area contributed by atoms with Crippen molar-refractivity contribution in [3.05, 3.63) is 34.9 Å². The fourth-order valence-electron chi connectivity index (χ4n) is 3.05. The average molecular weight is 321 g/mol. The van der Waals surface area contributed by atoms with E-state index in [4.69, 9.17) is 0 Å². The second-order valence-electron chi connectivity index (χ2n) is 5.50. The molecule has 19 heavy (non-hydrogen) atoms. The lowest BCUT2D eigenvalue weighted by Gasteiger charge is -2.12. The minimum Gasteiger partial charge on any atom is -0.347 e. The summed E-state index contributed by atoms with van der Waals surface area (Å²) in [7, 11) is 0. The van der Waals surface area contributed by atoms with Crippen molar-refractivity contribution in [3.63, 3.8) is 0 Å². The molecule has 3 heteroatoms. The highest BCUT2D eigenvalue weighted by atomic mass is 79.9. The van der Waals surface area contributed by atoms with Gasteiger partial charge in [-0.2, -0.15) is 0 Å². The maximum Gasteiger partial charge on any atom is 0.0481 e. The summed E-state index contributed by atoms with van der Waals surface area (Å²) in [5.74, 6) is 0. The predicted octanol–water partition coefficient (Wildman–Crippen LogP) is 4.33. The molecule has 0 aliphatic heterocycles. The molecule has 1 saturated carbocycles. The van der Waals surface area contributed by atoms with Crippen LogP contribution in [0.2, 0.25) is 0 Å². The molecule has 0 amide bonds. The zero-order chi connectivity index (χ0) is 13.1.